The van der Waals surface area contributed by atoms with Gasteiger partial charge in [-0.2, -0.15) is 0 Å². The molecule has 7 nitrogen and oxygen atoms in total. The maximum Gasteiger partial charge on any atom is 0.257 e. The summed E-state index contributed by atoms with van der Waals surface area (Å²) < 4.78 is 16.6. The van der Waals surface area contributed by atoms with E-state index in [1.807, 2.05) is 31.4 Å². The molecular formula is C33H38N4O3S. The lowest BCUT2D eigenvalue weighted by Crippen LogP contribution is -2.31. The van der Waals surface area contributed by atoms with Crippen LogP contribution in [0.1, 0.15) is 72.1 Å². The number of fused-ring (bicyclic) bond motifs is 1. The zero-order valence-electron chi connectivity index (χ0n) is 24.2. The number of aryl methyl sites for hydroxylation is 2. The van der Waals surface area contributed by atoms with Crippen molar-refractivity contribution >= 4 is 17.8 Å². The summed E-state index contributed by atoms with van der Waals surface area (Å²) >= 11 is 1.52. The summed E-state index contributed by atoms with van der Waals surface area (Å²) in [5.41, 5.74) is 7.55. The van der Waals surface area contributed by atoms with E-state index in [1.165, 1.54) is 31.2 Å². The summed E-state index contributed by atoms with van der Waals surface area (Å²) in [4.78, 5) is 19.8. The molecule has 1 saturated carbocycles. The monoisotopic (exact) mass is 570 g/mol. The summed E-state index contributed by atoms with van der Waals surface area (Å²) in [7, 11) is 0. The van der Waals surface area contributed by atoms with Crippen molar-refractivity contribution < 1.29 is 9.26 Å². The van der Waals surface area contributed by atoms with E-state index in [0.717, 1.165) is 87.1 Å². The van der Waals surface area contributed by atoms with Gasteiger partial charge in [-0.05, 0) is 86.2 Å². The van der Waals surface area contributed by atoms with Gasteiger partial charge in [-0.3, -0.25) is 9.36 Å². The normalized spacial score (nSPS) is 14.7. The quantitative estimate of drug-likeness (QED) is 0.194. The number of hydrogen-bond acceptors (Lipinski definition) is 7. The van der Waals surface area contributed by atoms with Crippen molar-refractivity contribution in [3.63, 3.8) is 0 Å². The molecule has 0 spiro atoms. The number of nitrogens with zero attached hydrogens (tertiary/aromatic N) is 3. The Morgan fingerprint density at radius 2 is 1.95 bits per heavy atom. The molecule has 2 heterocycles. The second-order valence-corrected chi connectivity index (χ2v) is 12.1. The van der Waals surface area contributed by atoms with Crippen molar-refractivity contribution in [1.29, 1.82) is 0 Å². The largest absolute Gasteiger partial charge is 0.377 e. The Kier molecular flexibility index (Phi) is 8.30. The van der Waals surface area contributed by atoms with Crippen molar-refractivity contribution in [3.8, 4) is 11.1 Å². The van der Waals surface area contributed by atoms with Crippen LogP contribution in [0.2, 0.25) is 0 Å². The Labute approximate surface area is 245 Å². The molecule has 0 saturated heterocycles. The molecule has 0 atom stereocenters. The van der Waals surface area contributed by atoms with Crippen molar-refractivity contribution in [2.24, 2.45) is 5.92 Å². The molecule has 0 unspecified atom stereocenters. The van der Waals surface area contributed by atoms with Crippen LogP contribution in [0.3, 0.4) is 0 Å². The van der Waals surface area contributed by atoms with Gasteiger partial charge in [0.25, 0.3) is 5.56 Å². The van der Waals surface area contributed by atoms with Gasteiger partial charge >= 0.3 is 0 Å². The van der Waals surface area contributed by atoms with Crippen LogP contribution in [0.15, 0.2) is 56.7 Å². The second-order valence-electron chi connectivity index (χ2n) is 11.2. The summed E-state index contributed by atoms with van der Waals surface area (Å²) in [6.45, 7) is 7.59. The lowest BCUT2D eigenvalue weighted by Gasteiger charge is -2.26. The highest BCUT2D eigenvalue weighted by Gasteiger charge is 2.25. The summed E-state index contributed by atoms with van der Waals surface area (Å²) in [5, 5.41) is 4.15. The molecule has 1 N–H and O–H groups in total. The molecule has 41 heavy (non-hydrogen) atoms. The van der Waals surface area contributed by atoms with Gasteiger partial charge in [0.05, 0.1) is 18.8 Å². The predicted octanol–water partition coefficient (Wildman–Crippen LogP) is 7.05. The number of ether oxygens (including phenoxy) is 1. The third-order valence-electron chi connectivity index (χ3n) is 8.53. The fraction of sp³-hybridized carbons (Fsp3) is 0.424. The van der Waals surface area contributed by atoms with Crippen LogP contribution in [0.5, 0.6) is 0 Å². The standard InChI is InChI=1S/C33H38N4O3S/c1-4-39-20-25-17-24(19-37-31(18-23-9-7-10-23)34-29-13-8-12-28(29)33(37)38)15-16-26(25)27-11-5-6-14-30(27)41-36-32-21(2)22(3)40-35-32/h5-6,11,14-17,23H,4,7-10,12-13,18-20H2,1-3H3,(H,35,36). The van der Waals surface area contributed by atoms with E-state index in [4.69, 9.17) is 14.2 Å². The van der Waals surface area contributed by atoms with Crippen LogP contribution in [0.25, 0.3) is 11.1 Å². The predicted molar refractivity (Wildman–Crippen MR) is 163 cm³/mol. The van der Waals surface area contributed by atoms with Gasteiger partial charge in [-0.15, -0.1) is 0 Å². The minimum absolute atomic E-state index is 0.156. The van der Waals surface area contributed by atoms with Gasteiger partial charge < -0.3 is 14.0 Å². The summed E-state index contributed by atoms with van der Waals surface area (Å²) in [5.74, 6) is 3.15. The lowest BCUT2D eigenvalue weighted by atomic mass is 9.82. The Morgan fingerprint density at radius 3 is 2.71 bits per heavy atom. The average Bonchev–Trinajstić information content (AvgIpc) is 3.56. The SMILES string of the molecule is CCOCc1cc(Cn2c(CC3CCC3)nc3c(c2=O)CCC3)ccc1-c1ccccc1SNc1noc(C)c1C. The van der Waals surface area contributed by atoms with Crippen molar-refractivity contribution in [2.75, 3.05) is 11.3 Å². The Morgan fingerprint density at radius 1 is 1.10 bits per heavy atom. The van der Waals surface area contributed by atoms with Gasteiger partial charge in [0.1, 0.15) is 11.6 Å². The first-order chi connectivity index (χ1) is 20.0. The zero-order valence-corrected chi connectivity index (χ0v) is 25.0. The molecule has 2 aromatic carbocycles. The van der Waals surface area contributed by atoms with Crippen molar-refractivity contribution in [3.05, 3.63) is 92.4 Å². The zero-order chi connectivity index (χ0) is 28.3. The number of benzene rings is 2. The second kappa shape index (κ2) is 12.2. The highest BCUT2D eigenvalue weighted by atomic mass is 32.2. The van der Waals surface area contributed by atoms with Crippen LogP contribution in [-0.2, 0) is 37.2 Å². The van der Waals surface area contributed by atoms with Gasteiger partial charge in [0.15, 0.2) is 5.82 Å². The number of aromatic nitrogens is 3. The molecule has 214 valence electrons. The Bertz CT molecular complexity index is 1600. The maximum absolute atomic E-state index is 13.7. The summed E-state index contributed by atoms with van der Waals surface area (Å²) in [6.07, 6.45) is 7.46. The van der Waals surface area contributed by atoms with E-state index in [9.17, 15) is 4.79 Å². The molecule has 6 rings (SSSR count). The third kappa shape index (κ3) is 5.86. The van der Waals surface area contributed by atoms with E-state index in [2.05, 4.69) is 46.3 Å². The molecule has 0 amide bonds. The molecular weight excluding hydrogens is 532 g/mol. The molecule has 4 aromatic rings. The van der Waals surface area contributed by atoms with Crippen molar-refractivity contribution in [1.82, 2.24) is 14.7 Å². The average molecular weight is 571 g/mol. The molecule has 1 fully saturated rings. The Balaban J connectivity index is 1.32. The van der Waals surface area contributed by atoms with E-state index >= 15 is 0 Å². The highest BCUT2D eigenvalue weighted by Crippen LogP contribution is 2.36. The number of hydrogen-bond donors (Lipinski definition) is 1. The number of rotatable bonds is 11. The van der Waals surface area contributed by atoms with Crippen LogP contribution in [0.4, 0.5) is 5.82 Å². The first-order valence-electron chi connectivity index (χ1n) is 14.8. The molecule has 0 bridgehead atoms. The fourth-order valence-corrected chi connectivity index (χ4v) is 6.60. The third-order valence-corrected chi connectivity index (χ3v) is 9.40. The molecule has 2 aliphatic carbocycles. The topological polar surface area (TPSA) is 82.2 Å². The van der Waals surface area contributed by atoms with Crippen LogP contribution in [0, 0.1) is 19.8 Å². The van der Waals surface area contributed by atoms with Crippen LogP contribution in [-0.4, -0.2) is 21.3 Å². The fourth-order valence-electron chi connectivity index (χ4n) is 5.77. The van der Waals surface area contributed by atoms with E-state index in [1.54, 1.807) is 0 Å². The molecule has 2 aliphatic rings. The van der Waals surface area contributed by atoms with Crippen LogP contribution < -0.4 is 10.3 Å². The smallest absolute Gasteiger partial charge is 0.257 e. The molecule has 2 aromatic heterocycles. The number of nitrogens with one attached hydrogen (secondary N) is 1. The van der Waals surface area contributed by atoms with E-state index < -0.39 is 0 Å². The summed E-state index contributed by atoms with van der Waals surface area (Å²) in [6, 6.07) is 14.9. The van der Waals surface area contributed by atoms with Gasteiger partial charge in [-0.1, -0.05) is 60.8 Å². The van der Waals surface area contributed by atoms with Crippen molar-refractivity contribution in [2.45, 2.75) is 83.8 Å². The molecule has 0 radical (unpaired) electrons. The number of anilines is 1. The van der Waals surface area contributed by atoms with E-state index in [-0.39, 0.29) is 5.56 Å². The lowest BCUT2D eigenvalue weighted by molar-refractivity contribution is 0.134. The van der Waals surface area contributed by atoms with Gasteiger partial charge in [0, 0.05) is 29.1 Å². The Hall–Kier alpha value is -3.36. The van der Waals surface area contributed by atoms with Gasteiger partial charge in [-0.25, -0.2) is 4.98 Å². The van der Waals surface area contributed by atoms with E-state index in [0.29, 0.717) is 25.7 Å². The minimum Gasteiger partial charge on any atom is -0.377 e. The maximum atomic E-state index is 13.7. The first kappa shape index (κ1) is 27.8. The highest BCUT2D eigenvalue weighted by molar-refractivity contribution is 8.00. The molecule has 0 aliphatic heterocycles. The van der Waals surface area contributed by atoms with Gasteiger partial charge in [0.2, 0.25) is 0 Å². The van der Waals surface area contributed by atoms with Crippen LogP contribution >= 0.6 is 11.9 Å². The molecule has 8 heteroatoms. The first-order valence-corrected chi connectivity index (χ1v) is 15.6. The minimum atomic E-state index is 0.156.